The van der Waals surface area contributed by atoms with Gasteiger partial charge in [0.05, 0.1) is 6.61 Å². The highest BCUT2D eigenvalue weighted by atomic mass is 16.5. The van der Waals surface area contributed by atoms with Gasteiger partial charge in [-0.1, -0.05) is 26.7 Å². The lowest BCUT2D eigenvalue weighted by Crippen LogP contribution is -2.37. The summed E-state index contributed by atoms with van der Waals surface area (Å²) in [6.45, 7) is 5.91. The van der Waals surface area contributed by atoms with Gasteiger partial charge in [-0.15, -0.1) is 0 Å². The van der Waals surface area contributed by atoms with Crippen molar-refractivity contribution >= 4 is 5.97 Å². The Bertz CT molecular complexity index is 267. The van der Waals surface area contributed by atoms with Gasteiger partial charge in [0.1, 0.15) is 6.04 Å². The van der Waals surface area contributed by atoms with Crippen molar-refractivity contribution in [3.8, 4) is 0 Å². The molecule has 1 aliphatic carbocycles. The summed E-state index contributed by atoms with van der Waals surface area (Å²) in [6, 6.07) is -0.0173. The van der Waals surface area contributed by atoms with Crippen LogP contribution in [0.4, 0.5) is 0 Å². The van der Waals surface area contributed by atoms with E-state index in [1.54, 1.807) is 0 Å². The largest absolute Gasteiger partial charge is 0.464 e. The van der Waals surface area contributed by atoms with Crippen LogP contribution < -0.4 is 5.32 Å². The Labute approximate surface area is 104 Å². The van der Waals surface area contributed by atoms with Crippen molar-refractivity contribution in [3.63, 3.8) is 0 Å². The zero-order valence-electron chi connectivity index (χ0n) is 11.1. The molecule has 2 aliphatic rings. The molecule has 2 rings (SSSR count). The van der Waals surface area contributed by atoms with Gasteiger partial charge in [0.15, 0.2) is 0 Å². The van der Waals surface area contributed by atoms with Crippen LogP contribution in [0.2, 0.25) is 0 Å². The third kappa shape index (κ3) is 3.01. The van der Waals surface area contributed by atoms with Gasteiger partial charge < -0.3 is 10.1 Å². The molecule has 1 saturated heterocycles. The van der Waals surface area contributed by atoms with Crippen molar-refractivity contribution < 1.29 is 9.53 Å². The normalized spacial score (nSPS) is 33.4. The standard InChI is InChI=1S/C14H25NO2/c1-3-5-10(2)9-17-14(16)13-12-7-4-6-11(12)8-15-13/h10-13,15H,3-9H2,1-2H3. The highest BCUT2D eigenvalue weighted by Crippen LogP contribution is 2.38. The predicted octanol–water partition coefficient (Wildman–Crippen LogP) is 2.35. The van der Waals surface area contributed by atoms with E-state index in [0.717, 1.165) is 25.3 Å². The average Bonchev–Trinajstić information content (AvgIpc) is 2.87. The van der Waals surface area contributed by atoms with Crippen LogP contribution in [-0.2, 0) is 9.53 Å². The minimum Gasteiger partial charge on any atom is -0.464 e. The summed E-state index contributed by atoms with van der Waals surface area (Å²) in [5, 5.41) is 3.34. The second-order valence-electron chi connectivity index (χ2n) is 5.76. The van der Waals surface area contributed by atoms with Crippen LogP contribution >= 0.6 is 0 Å². The lowest BCUT2D eigenvalue weighted by atomic mass is 9.94. The Morgan fingerprint density at radius 2 is 2.29 bits per heavy atom. The van der Waals surface area contributed by atoms with E-state index in [-0.39, 0.29) is 12.0 Å². The quantitative estimate of drug-likeness (QED) is 0.748. The molecule has 98 valence electrons. The van der Waals surface area contributed by atoms with Gasteiger partial charge in [0.25, 0.3) is 0 Å². The average molecular weight is 239 g/mol. The fourth-order valence-electron chi connectivity index (χ4n) is 3.34. The fourth-order valence-corrected chi connectivity index (χ4v) is 3.34. The monoisotopic (exact) mass is 239 g/mol. The maximum Gasteiger partial charge on any atom is 0.323 e. The molecule has 4 unspecified atom stereocenters. The smallest absolute Gasteiger partial charge is 0.323 e. The Kier molecular flexibility index (Phi) is 4.43. The van der Waals surface area contributed by atoms with E-state index in [4.69, 9.17) is 4.74 Å². The van der Waals surface area contributed by atoms with E-state index in [9.17, 15) is 4.79 Å². The molecule has 0 spiro atoms. The lowest BCUT2D eigenvalue weighted by Gasteiger charge is -2.18. The first-order valence-electron chi connectivity index (χ1n) is 7.12. The van der Waals surface area contributed by atoms with E-state index in [2.05, 4.69) is 19.2 Å². The first kappa shape index (κ1) is 12.9. The molecule has 3 nitrogen and oxygen atoms in total. The maximum absolute atomic E-state index is 12.0. The number of esters is 1. The van der Waals surface area contributed by atoms with Crippen molar-refractivity contribution in [1.29, 1.82) is 0 Å². The Balaban J connectivity index is 1.76. The highest BCUT2D eigenvalue weighted by Gasteiger charge is 2.43. The molecule has 0 amide bonds. The molecule has 0 aromatic rings. The molecule has 0 aromatic heterocycles. The molecule has 0 bridgehead atoms. The molecule has 1 N–H and O–H groups in total. The van der Waals surface area contributed by atoms with Crippen LogP contribution in [0.25, 0.3) is 0 Å². The summed E-state index contributed by atoms with van der Waals surface area (Å²) in [7, 11) is 0. The van der Waals surface area contributed by atoms with Crippen molar-refractivity contribution in [3.05, 3.63) is 0 Å². The number of hydrogen-bond donors (Lipinski definition) is 1. The zero-order chi connectivity index (χ0) is 12.3. The topological polar surface area (TPSA) is 38.3 Å². The number of ether oxygens (including phenoxy) is 1. The van der Waals surface area contributed by atoms with Gasteiger partial charge in [-0.2, -0.15) is 0 Å². The van der Waals surface area contributed by atoms with Crippen molar-refractivity contribution in [2.45, 2.75) is 52.0 Å². The van der Waals surface area contributed by atoms with E-state index >= 15 is 0 Å². The molecule has 1 heterocycles. The third-order valence-electron chi connectivity index (χ3n) is 4.29. The first-order chi connectivity index (χ1) is 8.22. The first-order valence-corrected chi connectivity index (χ1v) is 7.12. The van der Waals surface area contributed by atoms with Crippen LogP contribution in [-0.4, -0.2) is 25.2 Å². The molecule has 0 aromatic carbocycles. The third-order valence-corrected chi connectivity index (χ3v) is 4.29. The molecule has 2 fully saturated rings. The van der Waals surface area contributed by atoms with Crippen molar-refractivity contribution in [1.82, 2.24) is 5.32 Å². The molecule has 4 atom stereocenters. The number of carbonyl (C=O) groups is 1. The summed E-state index contributed by atoms with van der Waals surface area (Å²) in [5.41, 5.74) is 0. The summed E-state index contributed by atoms with van der Waals surface area (Å²) in [5.74, 6) is 1.75. The Morgan fingerprint density at radius 3 is 3.06 bits per heavy atom. The summed E-state index contributed by atoms with van der Waals surface area (Å²) >= 11 is 0. The number of fused-ring (bicyclic) bond motifs is 1. The minimum absolute atomic E-state index is 0.0117. The number of carbonyl (C=O) groups excluding carboxylic acids is 1. The molecule has 1 saturated carbocycles. The Hall–Kier alpha value is -0.570. The van der Waals surface area contributed by atoms with E-state index < -0.39 is 0 Å². The zero-order valence-corrected chi connectivity index (χ0v) is 11.1. The maximum atomic E-state index is 12.0. The molecular formula is C14H25NO2. The van der Waals surface area contributed by atoms with E-state index in [0.29, 0.717) is 18.4 Å². The van der Waals surface area contributed by atoms with Gasteiger partial charge in [-0.05, 0) is 43.6 Å². The molecule has 0 radical (unpaired) electrons. The van der Waals surface area contributed by atoms with Gasteiger partial charge in [-0.25, -0.2) is 0 Å². The molecule has 17 heavy (non-hydrogen) atoms. The van der Waals surface area contributed by atoms with Crippen molar-refractivity contribution in [2.24, 2.45) is 17.8 Å². The lowest BCUT2D eigenvalue weighted by molar-refractivity contribution is -0.148. The number of rotatable bonds is 5. The summed E-state index contributed by atoms with van der Waals surface area (Å²) in [4.78, 5) is 12.0. The summed E-state index contributed by atoms with van der Waals surface area (Å²) < 4.78 is 5.45. The highest BCUT2D eigenvalue weighted by molar-refractivity contribution is 5.76. The fraction of sp³-hybridized carbons (Fsp3) is 0.929. The van der Waals surface area contributed by atoms with Crippen LogP contribution in [0.3, 0.4) is 0 Å². The van der Waals surface area contributed by atoms with E-state index in [1.807, 2.05) is 0 Å². The van der Waals surface area contributed by atoms with Crippen LogP contribution in [0.1, 0.15) is 46.0 Å². The molecule has 3 heteroatoms. The number of nitrogens with one attached hydrogen (secondary N) is 1. The molecule has 1 aliphatic heterocycles. The SMILES string of the molecule is CCCC(C)COC(=O)C1NCC2CCCC21. The Morgan fingerprint density at radius 1 is 1.47 bits per heavy atom. The second kappa shape index (κ2) is 5.85. The minimum atomic E-state index is -0.0173. The van der Waals surface area contributed by atoms with Gasteiger partial charge in [0.2, 0.25) is 0 Å². The van der Waals surface area contributed by atoms with Crippen LogP contribution in [0.5, 0.6) is 0 Å². The van der Waals surface area contributed by atoms with E-state index in [1.165, 1.54) is 19.3 Å². The second-order valence-corrected chi connectivity index (χ2v) is 5.76. The summed E-state index contributed by atoms with van der Waals surface area (Å²) in [6.07, 6.45) is 6.06. The molecular weight excluding hydrogens is 214 g/mol. The van der Waals surface area contributed by atoms with Gasteiger partial charge >= 0.3 is 5.97 Å². The predicted molar refractivity (Wildman–Crippen MR) is 67.7 cm³/mol. The van der Waals surface area contributed by atoms with Gasteiger partial charge in [-0.3, -0.25) is 4.79 Å². The number of hydrogen-bond acceptors (Lipinski definition) is 3. The van der Waals surface area contributed by atoms with Gasteiger partial charge in [0, 0.05) is 0 Å². The van der Waals surface area contributed by atoms with Crippen LogP contribution in [0.15, 0.2) is 0 Å². The van der Waals surface area contributed by atoms with Crippen LogP contribution in [0, 0.1) is 17.8 Å². The van der Waals surface area contributed by atoms with Crippen molar-refractivity contribution in [2.75, 3.05) is 13.2 Å².